The van der Waals surface area contributed by atoms with Gasteiger partial charge in [0.2, 0.25) is 0 Å². The highest BCUT2D eigenvalue weighted by atomic mass is 32.1. The second kappa shape index (κ2) is 8.87. The fourth-order valence-corrected chi connectivity index (χ4v) is 9.19. The molecular weight excluding hydrogens is 579 g/mol. The van der Waals surface area contributed by atoms with Crippen molar-refractivity contribution in [3.8, 4) is 11.4 Å². The lowest BCUT2D eigenvalue weighted by atomic mass is 10.1. The first-order chi connectivity index (χ1) is 22.9. The largest absolute Gasteiger partial charge is 0.307 e. The van der Waals surface area contributed by atoms with Gasteiger partial charge in [0, 0.05) is 42.7 Å². The van der Waals surface area contributed by atoms with Gasteiger partial charge < -0.3 is 14.0 Å². The van der Waals surface area contributed by atoms with Crippen molar-refractivity contribution in [1.82, 2.24) is 9.13 Å². The Labute approximate surface area is 268 Å². The van der Waals surface area contributed by atoms with Crippen molar-refractivity contribution >= 4 is 92.2 Å². The summed E-state index contributed by atoms with van der Waals surface area (Å²) >= 11 is 1.88. The lowest BCUT2D eigenvalue weighted by molar-refractivity contribution is 1.11. The summed E-state index contributed by atoms with van der Waals surface area (Å²) in [6.07, 6.45) is 0. The van der Waals surface area contributed by atoms with Gasteiger partial charge in [-0.1, -0.05) is 103 Å². The lowest BCUT2D eigenvalue weighted by Gasteiger charge is -2.33. The van der Waals surface area contributed by atoms with Gasteiger partial charge in [-0.2, -0.15) is 0 Å². The predicted octanol–water partition coefficient (Wildman–Crippen LogP) is 12.0. The fraction of sp³-hybridized carbons (Fsp3) is 0. The zero-order valence-corrected chi connectivity index (χ0v) is 25.5. The lowest BCUT2D eigenvalue weighted by Crippen LogP contribution is -2.18. The molecule has 7 aromatic carbocycles. The number of aromatic nitrogens is 2. The quantitative estimate of drug-likeness (QED) is 0.192. The van der Waals surface area contributed by atoms with Crippen LogP contribution < -0.4 is 4.90 Å². The topological polar surface area (TPSA) is 13.1 Å². The molecule has 0 radical (unpaired) electrons. The van der Waals surface area contributed by atoms with Crippen LogP contribution >= 0.6 is 11.3 Å². The van der Waals surface area contributed by atoms with E-state index in [1.807, 2.05) is 11.3 Å². The van der Waals surface area contributed by atoms with Crippen LogP contribution in [0.2, 0.25) is 0 Å². The van der Waals surface area contributed by atoms with E-state index in [1.54, 1.807) is 0 Å². The van der Waals surface area contributed by atoms with E-state index in [-0.39, 0.29) is 0 Å². The molecule has 10 aromatic rings. The van der Waals surface area contributed by atoms with E-state index in [0.29, 0.717) is 0 Å². The highest BCUT2D eigenvalue weighted by Crippen LogP contribution is 2.53. The maximum atomic E-state index is 2.54. The summed E-state index contributed by atoms with van der Waals surface area (Å²) in [5, 5.41) is 7.69. The van der Waals surface area contributed by atoms with E-state index in [2.05, 4.69) is 166 Å². The molecule has 0 saturated heterocycles. The molecule has 4 heterocycles. The van der Waals surface area contributed by atoms with Gasteiger partial charge in [0.1, 0.15) is 0 Å². The van der Waals surface area contributed by atoms with Gasteiger partial charge in [0.25, 0.3) is 0 Å². The number of rotatable bonds is 2. The minimum absolute atomic E-state index is 1.17. The second-order valence-electron chi connectivity index (χ2n) is 12.1. The maximum Gasteiger partial charge on any atom is 0.0790 e. The van der Waals surface area contributed by atoms with Crippen LogP contribution in [0.1, 0.15) is 0 Å². The summed E-state index contributed by atoms with van der Waals surface area (Å²) in [4.78, 5) is 2.50. The third-order valence-electron chi connectivity index (χ3n) is 9.81. The van der Waals surface area contributed by atoms with Gasteiger partial charge in [0.05, 0.1) is 49.5 Å². The van der Waals surface area contributed by atoms with Crippen LogP contribution in [0.15, 0.2) is 152 Å². The molecule has 4 heteroatoms. The van der Waals surface area contributed by atoms with Crippen molar-refractivity contribution in [3.63, 3.8) is 0 Å². The van der Waals surface area contributed by atoms with Crippen LogP contribution in [0, 0.1) is 0 Å². The van der Waals surface area contributed by atoms with E-state index >= 15 is 0 Å². The Hall–Kier alpha value is -5.84. The number of nitrogens with zero attached hydrogens (tertiary/aromatic N) is 3. The molecule has 0 unspecified atom stereocenters. The Morgan fingerprint density at radius 3 is 1.80 bits per heavy atom. The molecule has 46 heavy (non-hydrogen) atoms. The SMILES string of the molecule is c1ccc(-n2c3ccccc3c3ccc4c5cccc6c5n(c4c32)-c2ccccc2N6c2cccc3c2sc2ccccc23)cc1. The summed E-state index contributed by atoms with van der Waals surface area (Å²) in [7, 11) is 0. The Morgan fingerprint density at radius 1 is 0.348 bits per heavy atom. The molecular formula is C42H25N3S. The number of para-hydroxylation sites is 5. The summed E-state index contributed by atoms with van der Waals surface area (Å²) in [5.41, 5.74) is 10.9. The summed E-state index contributed by atoms with van der Waals surface area (Å²) < 4.78 is 7.63. The Balaban J connectivity index is 1.33. The normalized spacial score (nSPS) is 12.7. The first kappa shape index (κ1) is 24.5. The minimum atomic E-state index is 1.17. The number of hydrogen-bond donors (Lipinski definition) is 0. The molecule has 1 aliphatic rings. The third-order valence-corrected chi connectivity index (χ3v) is 11.0. The minimum Gasteiger partial charge on any atom is -0.307 e. The zero-order valence-electron chi connectivity index (χ0n) is 24.7. The first-order valence-electron chi connectivity index (χ1n) is 15.7. The molecule has 0 N–H and O–H groups in total. The van der Waals surface area contributed by atoms with Crippen molar-refractivity contribution in [2.24, 2.45) is 0 Å². The van der Waals surface area contributed by atoms with Crippen LogP contribution in [-0.2, 0) is 0 Å². The number of fused-ring (bicyclic) bond motifs is 12. The monoisotopic (exact) mass is 603 g/mol. The van der Waals surface area contributed by atoms with Crippen LogP contribution in [0.5, 0.6) is 0 Å². The number of benzene rings is 7. The van der Waals surface area contributed by atoms with Crippen molar-refractivity contribution < 1.29 is 0 Å². The van der Waals surface area contributed by atoms with Gasteiger partial charge in [-0.3, -0.25) is 0 Å². The van der Waals surface area contributed by atoms with Crippen LogP contribution in [0.4, 0.5) is 17.1 Å². The number of thiophene rings is 1. The van der Waals surface area contributed by atoms with Crippen molar-refractivity contribution in [2.75, 3.05) is 4.90 Å². The smallest absolute Gasteiger partial charge is 0.0790 e. The Kier molecular flexibility index (Phi) is 4.72. The average Bonchev–Trinajstić information content (AvgIpc) is 3.78. The van der Waals surface area contributed by atoms with E-state index in [9.17, 15) is 0 Å². The van der Waals surface area contributed by atoms with Gasteiger partial charge in [-0.05, 0) is 48.5 Å². The molecule has 0 bridgehead atoms. The highest BCUT2D eigenvalue weighted by molar-refractivity contribution is 7.26. The molecule has 3 aromatic heterocycles. The molecule has 214 valence electrons. The average molecular weight is 604 g/mol. The van der Waals surface area contributed by atoms with Crippen LogP contribution in [-0.4, -0.2) is 9.13 Å². The van der Waals surface area contributed by atoms with Crippen LogP contribution in [0.3, 0.4) is 0 Å². The summed E-state index contributed by atoms with van der Waals surface area (Å²) in [6, 6.07) is 55.6. The van der Waals surface area contributed by atoms with Crippen molar-refractivity contribution in [2.45, 2.75) is 0 Å². The molecule has 0 aliphatic carbocycles. The molecule has 0 atom stereocenters. The van der Waals surface area contributed by atoms with E-state index in [1.165, 1.54) is 92.2 Å². The predicted molar refractivity (Wildman–Crippen MR) is 196 cm³/mol. The standard InChI is InChI=1S/C42H25N3S/c1-2-12-26(13-3-1)43-33-18-6-4-14-27(33)30-24-25-31-29-16-10-21-36-39(29)45(41(31)40(30)43)35-20-8-7-19-34(35)44(36)37-22-11-17-32-28-15-5-9-23-38(28)46-42(32)37/h1-25H. The molecule has 11 rings (SSSR count). The first-order valence-corrected chi connectivity index (χ1v) is 16.5. The van der Waals surface area contributed by atoms with Gasteiger partial charge in [0.15, 0.2) is 0 Å². The van der Waals surface area contributed by atoms with Gasteiger partial charge in [-0.15, -0.1) is 11.3 Å². The second-order valence-corrected chi connectivity index (χ2v) is 13.2. The molecule has 0 spiro atoms. The number of anilines is 3. The Bertz CT molecular complexity index is 2870. The third kappa shape index (κ3) is 3.02. The molecule has 0 saturated carbocycles. The summed E-state index contributed by atoms with van der Waals surface area (Å²) in [5.74, 6) is 0. The molecule has 1 aliphatic heterocycles. The van der Waals surface area contributed by atoms with Gasteiger partial charge in [-0.25, -0.2) is 0 Å². The Morgan fingerprint density at radius 2 is 0.935 bits per heavy atom. The fourth-order valence-electron chi connectivity index (χ4n) is 7.99. The van der Waals surface area contributed by atoms with Crippen molar-refractivity contribution in [3.05, 3.63) is 152 Å². The van der Waals surface area contributed by atoms with Crippen LogP contribution in [0.25, 0.3) is 75.2 Å². The van der Waals surface area contributed by atoms with E-state index in [4.69, 9.17) is 0 Å². The van der Waals surface area contributed by atoms with Crippen molar-refractivity contribution in [1.29, 1.82) is 0 Å². The van der Waals surface area contributed by atoms with E-state index < -0.39 is 0 Å². The molecule has 3 nitrogen and oxygen atoms in total. The number of hydrogen-bond acceptors (Lipinski definition) is 2. The van der Waals surface area contributed by atoms with E-state index in [0.717, 1.165) is 0 Å². The molecule has 0 fully saturated rings. The highest BCUT2D eigenvalue weighted by Gasteiger charge is 2.31. The maximum absolute atomic E-state index is 2.54. The summed E-state index contributed by atoms with van der Waals surface area (Å²) in [6.45, 7) is 0. The zero-order chi connectivity index (χ0) is 29.9. The molecule has 0 amide bonds. The van der Waals surface area contributed by atoms with Gasteiger partial charge >= 0.3 is 0 Å².